The van der Waals surface area contributed by atoms with Gasteiger partial charge in [-0.05, 0) is 24.5 Å². The van der Waals surface area contributed by atoms with Crippen molar-refractivity contribution >= 4 is 17.4 Å². The lowest BCUT2D eigenvalue weighted by Crippen LogP contribution is -2.06. The SMILES string of the molecule is COCCOc1ccc(NCCCSC)cn1. The summed E-state index contributed by atoms with van der Waals surface area (Å²) < 4.78 is 10.3. The second kappa shape index (κ2) is 9.13. The molecular weight excluding hydrogens is 236 g/mol. The molecule has 0 amide bonds. The van der Waals surface area contributed by atoms with E-state index in [1.165, 1.54) is 5.75 Å². The fraction of sp³-hybridized carbons (Fsp3) is 0.583. The molecule has 1 aromatic heterocycles. The van der Waals surface area contributed by atoms with E-state index < -0.39 is 0 Å². The van der Waals surface area contributed by atoms with Crippen molar-refractivity contribution in [1.82, 2.24) is 4.98 Å². The lowest BCUT2D eigenvalue weighted by molar-refractivity contribution is 0.144. The van der Waals surface area contributed by atoms with Crippen LogP contribution in [0.3, 0.4) is 0 Å². The van der Waals surface area contributed by atoms with Crippen LogP contribution in [0.15, 0.2) is 18.3 Å². The first-order valence-electron chi connectivity index (χ1n) is 5.67. The highest BCUT2D eigenvalue weighted by Crippen LogP contribution is 2.11. The number of pyridine rings is 1. The van der Waals surface area contributed by atoms with Gasteiger partial charge in [0.05, 0.1) is 18.5 Å². The monoisotopic (exact) mass is 256 g/mol. The van der Waals surface area contributed by atoms with Gasteiger partial charge in [0.15, 0.2) is 0 Å². The van der Waals surface area contributed by atoms with Crippen LogP contribution in [0.4, 0.5) is 5.69 Å². The van der Waals surface area contributed by atoms with Crippen molar-refractivity contribution in [3.05, 3.63) is 18.3 Å². The first-order valence-corrected chi connectivity index (χ1v) is 7.07. The van der Waals surface area contributed by atoms with Crippen LogP contribution in [0, 0.1) is 0 Å². The summed E-state index contributed by atoms with van der Waals surface area (Å²) in [5.74, 6) is 1.82. The fourth-order valence-corrected chi connectivity index (χ4v) is 1.68. The van der Waals surface area contributed by atoms with Crippen LogP contribution in [0.2, 0.25) is 0 Å². The number of thioether (sulfide) groups is 1. The van der Waals surface area contributed by atoms with Crippen molar-refractivity contribution in [2.75, 3.05) is 44.2 Å². The number of nitrogens with zero attached hydrogens (tertiary/aromatic N) is 1. The smallest absolute Gasteiger partial charge is 0.213 e. The molecule has 17 heavy (non-hydrogen) atoms. The molecule has 0 fully saturated rings. The van der Waals surface area contributed by atoms with Crippen LogP contribution in [-0.2, 0) is 4.74 Å². The lowest BCUT2D eigenvalue weighted by Gasteiger charge is -2.07. The van der Waals surface area contributed by atoms with Crippen LogP contribution >= 0.6 is 11.8 Å². The van der Waals surface area contributed by atoms with Crippen molar-refractivity contribution in [3.8, 4) is 5.88 Å². The van der Waals surface area contributed by atoms with Gasteiger partial charge in [0, 0.05) is 19.7 Å². The quantitative estimate of drug-likeness (QED) is 0.687. The number of hydrogen-bond acceptors (Lipinski definition) is 5. The van der Waals surface area contributed by atoms with Crippen LogP contribution in [-0.4, -0.2) is 43.9 Å². The first-order chi connectivity index (χ1) is 8.36. The maximum Gasteiger partial charge on any atom is 0.213 e. The Labute approximate surface area is 107 Å². The highest BCUT2D eigenvalue weighted by atomic mass is 32.2. The summed E-state index contributed by atoms with van der Waals surface area (Å²) in [5.41, 5.74) is 1.03. The van der Waals surface area contributed by atoms with E-state index in [1.54, 1.807) is 13.3 Å². The summed E-state index contributed by atoms with van der Waals surface area (Å²) in [7, 11) is 1.65. The van der Waals surface area contributed by atoms with Crippen molar-refractivity contribution in [1.29, 1.82) is 0 Å². The Morgan fingerprint density at radius 1 is 1.35 bits per heavy atom. The van der Waals surface area contributed by atoms with E-state index in [-0.39, 0.29) is 0 Å². The van der Waals surface area contributed by atoms with E-state index in [4.69, 9.17) is 9.47 Å². The number of hydrogen-bond donors (Lipinski definition) is 1. The Morgan fingerprint density at radius 2 is 2.24 bits per heavy atom. The van der Waals surface area contributed by atoms with Crippen molar-refractivity contribution < 1.29 is 9.47 Å². The van der Waals surface area contributed by atoms with Gasteiger partial charge in [-0.15, -0.1) is 0 Å². The predicted octanol–water partition coefficient (Wildman–Crippen LogP) is 2.27. The van der Waals surface area contributed by atoms with E-state index in [0.717, 1.165) is 18.7 Å². The van der Waals surface area contributed by atoms with Crippen LogP contribution in [0.1, 0.15) is 6.42 Å². The molecule has 1 rings (SSSR count). The molecule has 1 heterocycles. The highest BCUT2D eigenvalue weighted by molar-refractivity contribution is 7.98. The van der Waals surface area contributed by atoms with Crippen molar-refractivity contribution in [2.24, 2.45) is 0 Å². The molecule has 1 aromatic rings. The summed E-state index contributed by atoms with van der Waals surface area (Å²) in [6.45, 7) is 2.09. The normalized spacial score (nSPS) is 10.2. The van der Waals surface area contributed by atoms with Gasteiger partial charge in [-0.3, -0.25) is 0 Å². The van der Waals surface area contributed by atoms with E-state index in [1.807, 2.05) is 23.9 Å². The van der Waals surface area contributed by atoms with E-state index in [0.29, 0.717) is 19.1 Å². The van der Waals surface area contributed by atoms with Crippen molar-refractivity contribution in [2.45, 2.75) is 6.42 Å². The standard InChI is InChI=1S/C12H20N2O2S/c1-15-7-8-16-12-5-4-11(10-14-12)13-6-3-9-17-2/h4-5,10,13H,3,6-9H2,1-2H3. The topological polar surface area (TPSA) is 43.4 Å². The Kier molecular flexibility index (Phi) is 7.58. The summed E-state index contributed by atoms with van der Waals surface area (Å²) >= 11 is 1.86. The molecule has 0 radical (unpaired) electrons. The van der Waals surface area contributed by atoms with E-state index in [9.17, 15) is 0 Å². The minimum atomic E-state index is 0.532. The molecule has 0 saturated heterocycles. The van der Waals surface area contributed by atoms with Gasteiger partial charge in [0.25, 0.3) is 0 Å². The largest absolute Gasteiger partial charge is 0.475 e. The van der Waals surface area contributed by atoms with Gasteiger partial charge >= 0.3 is 0 Å². The Hall–Kier alpha value is -0.940. The highest BCUT2D eigenvalue weighted by Gasteiger charge is 1.96. The molecule has 0 saturated carbocycles. The summed E-state index contributed by atoms with van der Waals surface area (Å²) in [5, 5.41) is 3.32. The number of nitrogens with one attached hydrogen (secondary N) is 1. The van der Waals surface area contributed by atoms with E-state index >= 15 is 0 Å². The van der Waals surface area contributed by atoms with Crippen LogP contribution in [0.25, 0.3) is 0 Å². The third-order valence-corrected chi connectivity index (χ3v) is 2.83. The van der Waals surface area contributed by atoms with Gasteiger partial charge in [-0.1, -0.05) is 0 Å². The molecule has 0 bridgehead atoms. The van der Waals surface area contributed by atoms with Crippen LogP contribution in [0.5, 0.6) is 5.88 Å². The second-order valence-corrected chi connectivity index (χ2v) is 4.49. The average Bonchev–Trinajstić information content (AvgIpc) is 2.37. The molecule has 0 spiro atoms. The molecule has 0 aliphatic rings. The van der Waals surface area contributed by atoms with Gasteiger partial charge in [-0.2, -0.15) is 11.8 Å². The average molecular weight is 256 g/mol. The van der Waals surface area contributed by atoms with Gasteiger partial charge < -0.3 is 14.8 Å². The number of rotatable bonds is 9. The molecule has 96 valence electrons. The molecule has 4 nitrogen and oxygen atoms in total. The lowest BCUT2D eigenvalue weighted by atomic mass is 10.4. The Morgan fingerprint density at radius 3 is 2.88 bits per heavy atom. The van der Waals surface area contributed by atoms with Crippen molar-refractivity contribution in [3.63, 3.8) is 0 Å². The molecule has 0 aromatic carbocycles. The number of methoxy groups -OCH3 is 1. The van der Waals surface area contributed by atoms with E-state index in [2.05, 4.69) is 16.6 Å². The zero-order valence-corrected chi connectivity index (χ0v) is 11.3. The third-order valence-electron chi connectivity index (χ3n) is 2.13. The minimum absolute atomic E-state index is 0.532. The second-order valence-electron chi connectivity index (χ2n) is 3.50. The van der Waals surface area contributed by atoms with Gasteiger partial charge in [0.2, 0.25) is 5.88 Å². The molecule has 0 aliphatic heterocycles. The Bertz CT molecular complexity index is 293. The zero-order chi connectivity index (χ0) is 12.3. The van der Waals surface area contributed by atoms with Gasteiger partial charge in [-0.25, -0.2) is 4.98 Å². The molecule has 0 aliphatic carbocycles. The fourth-order valence-electron chi connectivity index (χ4n) is 1.25. The molecule has 0 unspecified atom stereocenters. The number of anilines is 1. The number of ether oxygens (including phenoxy) is 2. The summed E-state index contributed by atoms with van der Waals surface area (Å²) in [4.78, 5) is 4.20. The Balaban J connectivity index is 2.24. The maximum absolute atomic E-state index is 5.38. The maximum atomic E-state index is 5.38. The summed E-state index contributed by atoms with van der Waals surface area (Å²) in [6, 6.07) is 3.85. The summed E-state index contributed by atoms with van der Waals surface area (Å²) in [6.07, 6.45) is 5.07. The molecule has 0 atom stereocenters. The number of aromatic nitrogens is 1. The molecule has 1 N–H and O–H groups in total. The molecular formula is C12H20N2O2S. The van der Waals surface area contributed by atoms with Gasteiger partial charge in [0.1, 0.15) is 6.61 Å². The predicted molar refractivity (Wildman–Crippen MR) is 73.1 cm³/mol. The minimum Gasteiger partial charge on any atom is -0.475 e. The van der Waals surface area contributed by atoms with Crippen LogP contribution < -0.4 is 10.1 Å². The molecule has 5 heteroatoms. The first kappa shape index (κ1) is 14.1. The zero-order valence-electron chi connectivity index (χ0n) is 10.4. The third kappa shape index (κ3) is 6.38.